The molecule has 0 aliphatic rings. The fourth-order valence-corrected chi connectivity index (χ4v) is 7.58. The number of fused-ring (bicyclic) bond motifs is 9. The number of nitrogens with zero attached hydrogens (tertiary/aromatic N) is 1. The molecule has 224 valence electrons. The molecule has 0 unspecified atom stereocenters. The van der Waals surface area contributed by atoms with Crippen LogP contribution in [-0.4, -0.2) is 0 Å². The third-order valence-electron chi connectivity index (χ3n) is 9.76. The fraction of sp³-hybridized carbons (Fsp3) is 0. The number of hydrogen-bond donors (Lipinski definition) is 0. The van der Waals surface area contributed by atoms with Crippen molar-refractivity contribution in [2.45, 2.75) is 0 Å². The molecule has 1 aromatic heterocycles. The molecule has 2 heteroatoms. The second-order valence-corrected chi connectivity index (χ2v) is 12.5. The van der Waals surface area contributed by atoms with E-state index < -0.39 is 0 Å². The van der Waals surface area contributed by atoms with Gasteiger partial charge in [-0.25, -0.2) is 0 Å². The average Bonchev–Trinajstić information content (AvgIpc) is 3.52. The van der Waals surface area contributed by atoms with Crippen LogP contribution in [0.2, 0.25) is 0 Å². The van der Waals surface area contributed by atoms with Gasteiger partial charge in [-0.15, -0.1) is 0 Å². The Morgan fingerprint density at radius 2 is 1.00 bits per heavy atom. The molecule has 0 fully saturated rings. The molecular formula is C46H29NO. The lowest BCUT2D eigenvalue weighted by Crippen LogP contribution is -2.11. The molecule has 0 aliphatic carbocycles. The molecule has 1 heterocycles. The van der Waals surface area contributed by atoms with Gasteiger partial charge in [-0.05, 0) is 91.3 Å². The lowest BCUT2D eigenvalue weighted by atomic mass is 9.94. The minimum Gasteiger partial charge on any atom is -0.456 e. The van der Waals surface area contributed by atoms with E-state index in [-0.39, 0.29) is 0 Å². The zero-order valence-electron chi connectivity index (χ0n) is 26.1. The van der Waals surface area contributed by atoms with Crippen LogP contribution in [0.5, 0.6) is 0 Å². The Hall–Kier alpha value is -6.38. The topological polar surface area (TPSA) is 16.4 Å². The third kappa shape index (κ3) is 4.13. The van der Waals surface area contributed by atoms with Crippen LogP contribution in [0.3, 0.4) is 0 Å². The molecule has 0 saturated carbocycles. The Morgan fingerprint density at radius 1 is 0.333 bits per heavy atom. The zero-order valence-corrected chi connectivity index (χ0v) is 26.1. The van der Waals surface area contributed by atoms with Crippen molar-refractivity contribution in [2.24, 2.45) is 0 Å². The first-order valence-corrected chi connectivity index (χ1v) is 16.4. The van der Waals surface area contributed by atoms with Gasteiger partial charge in [-0.1, -0.05) is 133 Å². The SMILES string of the molecule is c1ccc(-c2cccc(N(c3cc4ccccc4c4c3ccc3ccccc34)c3cccc4oc5cc6ccccc6cc5c34)c2)cc1. The van der Waals surface area contributed by atoms with Crippen LogP contribution >= 0.6 is 0 Å². The normalized spacial score (nSPS) is 11.8. The van der Waals surface area contributed by atoms with Crippen molar-refractivity contribution in [1.29, 1.82) is 0 Å². The summed E-state index contributed by atoms with van der Waals surface area (Å²) in [4.78, 5) is 2.45. The van der Waals surface area contributed by atoms with Crippen LogP contribution in [-0.2, 0) is 0 Å². The van der Waals surface area contributed by atoms with Crippen LogP contribution in [0.1, 0.15) is 0 Å². The molecule has 0 bridgehead atoms. The summed E-state index contributed by atoms with van der Waals surface area (Å²) in [6.45, 7) is 0. The highest BCUT2D eigenvalue weighted by atomic mass is 16.3. The Morgan fingerprint density at radius 3 is 1.83 bits per heavy atom. The van der Waals surface area contributed by atoms with Gasteiger partial charge in [-0.3, -0.25) is 0 Å². The van der Waals surface area contributed by atoms with E-state index in [1.165, 1.54) is 54.2 Å². The van der Waals surface area contributed by atoms with E-state index in [9.17, 15) is 0 Å². The van der Waals surface area contributed by atoms with Gasteiger partial charge >= 0.3 is 0 Å². The molecule has 10 rings (SSSR count). The molecule has 48 heavy (non-hydrogen) atoms. The highest BCUT2D eigenvalue weighted by Crippen LogP contribution is 2.48. The summed E-state index contributed by atoms with van der Waals surface area (Å²) in [5.41, 5.74) is 7.42. The van der Waals surface area contributed by atoms with E-state index in [2.05, 4.69) is 181 Å². The summed E-state index contributed by atoms with van der Waals surface area (Å²) in [5, 5.41) is 12.0. The molecule has 2 nitrogen and oxygen atoms in total. The quantitative estimate of drug-likeness (QED) is 0.184. The molecule has 0 saturated heterocycles. The van der Waals surface area contributed by atoms with Gasteiger partial charge in [0.15, 0.2) is 0 Å². The summed E-state index contributed by atoms with van der Waals surface area (Å²) >= 11 is 0. The van der Waals surface area contributed by atoms with Crippen LogP contribution < -0.4 is 4.90 Å². The Balaban J connectivity index is 1.35. The second kappa shape index (κ2) is 10.6. The van der Waals surface area contributed by atoms with E-state index in [0.717, 1.165) is 39.0 Å². The maximum absolute atomic E-state index is 6.60. The first kappa shape index (κ1) is 26.8. The summed E-state index contributed by atoms with van der Waals surface area (Å²) in [6.07, 6.45) is 0. The van der Waals surface area contributed by atoms with E-state index in [0.29, 0.717) is 0 Å². The van der Waals surface area contributed by atoms with Crippen molar-refractivity contribution < 1.29 is 4.42 Å². The van der Waals surface area contributed by atoms with E-state index in [1.807, 2.05) is 0 Å². The summed E-state index contributed by atoms with van der Waals surface area (Å²) in [5.74, 6) is 0. The van der Waals surface area contributed by atoms with Crippen molar-refractivity contribution in [3.05, 3.63) is 176 Å². The summed E-state index contributed by atoms with van der Waals surface area (Å²) in [6, 6.07) is 63.4. The molecule has 0 spiro atoms. The van der Waals surface area contributed by atoms with Crippen molar-refractivity contribution in [3.8, 4) is 11.1 Å². The maximum atomic E-state index is 6.60. The minimum atomic E-state index is 0.873. The van der Waals surface area contributed by atoms with Gasteiger partial charge in [0.1, 0.15) is 11.2 Å². The lowest BCUT2D eigenvalue weighted by Gasteiger charge is -2.29. The van der Waals surface area contributed by atoms with Crippen molar-refractivity contribution in [1.82, 2.24) is 0 Å². The largest absolute Gasteiger partial charge is 0.456 e. The maximum Gasteiger partial charge on any atom is 0.137 e. The van der Waals surface area contributed by atoms with Crippen molar-refractivity contribution in [2.75, 3.05) is 4.90 Å². The molecule has 0 aliphatic heterocycles. The van der Waals surface area contributed by atoms with E-state index >= 15 is 0 Å². The summed E-state index contributed by atoms with van der Waals surface area (Å²) < 4.78 is 6.60. The molecule has 0 N–H and O–H groups in total. The minimum absolute atomic E-state index is 0.873. The standard InChI is InChI=1S/C46H29NO/c1-2-12-30(13-3-1)32-18-10-19-36(26-32)47(41-22-11-23-43-46(41)40-27-33-15-4-5-16-34(33)29-44(40)48-43)42-28-35-17-7-9-21-38(35)45-37-20-8-6-14-31(37)24-25-39(42)45/h1-29H. The lowest BCUT2D eigenvalue weighted by molar-refractivity contribution is 0.669. The van der Waals surface area contributed by atoms with E-state index in [4.69, 9.17) is 4.42 Å². The Kier molecular flexibility index (Phi) is 5.91. The van der Waals surface area contributed by atoms with Gasteiger partial charge in [0.2, 0.25) is 0 Å². The third-order valence-corrected chi connectivity index (χ3v) is 9.76. The molecule has 0 amide bonds. The smallest absolute Gasteiger partial charge is 0.137 e. The van der Waals surface area contributed by atoms with Gasteiger partial charge < -0.3 is 9.32 Å². The van der Waals surface area contributed by atoms with Crippen molar-refractivity contribution >= 4 is 82.1 Å². The number of anilines is 3. The van der Waals surface area contributed by atoms with Crippen LogP contribution in [0, 0.1) is 0 Å². The molecule has 0 atom stereocenters. The zero-order chi connectivity index (χ0) is 31.6. The number of furan rings is 1. The number of hydrogen-bond acceptors (Lipinski definition) is 2. The molecular weight excluding hydrogens is 583 g/mol. The van der Waals surface area contributed by atoms with Gasteiger partial charge in [0, 0.05) is 16.5 Å². The molecule has 10 aromatic rings. The number of rotatable bonds is 4. The van der Waals surface area contributed by atoms with Crippen molar-refractivity contribution in [3.63, 3.8) is 0 Å². The first-order valence-electron chi connectivity index (χ1n) is 16.4. The predicted molar refractivity (Wildman–Crippen MR) is 204 cm³/mol. The monoisotopic (exact) mass is 611 g/mol. The van der Waals surface area contributed by atoms with Gasteiger partial charge in [-0.2, -0.15) is 0 Å². The van der Waals surface area contributed by atoms with Gasteiger partial charge in [0.05, 0.1) is 16.8 Å². The van der Waals surface area contributed by atoms with Crippen LogP contribution in [0.4, 0.5) is 17.1 Å². The Bertz CT molecular complexity index is 2830. The Labute approximate surface area is 277 Å². The second-order valence-electron chi connectivity index (χ2n) is 12.5. The number of benzene rings is 9. The highest BCUT2D eigenvalue weighted by molar-refractivity contribution is 6.25. The summed E-state index contributed by atoms with van der Waals surface area (Å²) in [7, 11) is 0. The predicted octanol–water partition coefficient (Wildman–Crippen LogP) is 13.3. The first-order chi connectivity index (χ1) is 23.8. The fourth-order valence-electron chi connectivity index (χ4n) is 7.58. The van der Waals surface area contributed by atoms with Gasteiger partial charge in [0.25, 0.3) is 0 Å². The molecule has 0 radical (unpaired) electrons. The molecule has 9 aromatic carbocycles. The van der Waals surface area contributed by atoms with Crippen LogP contribution in [0.25, 0.3) is 76.2 Å². The van der Waals surface area contributed by atoms with Crippen LogP contribution in [0.15, 0.2) is 180 Å². The average molecular weight is 612 g/mol. The van der Waals surface area contributed by atoms with E-state index in [1.54, 1.807) is 0 Å². The highest BCUT2D eigenvalue weighted by Gasteiger charge is 2.23.